The molecule has 0 spiro atoms. The van der Waals surface area contributed by atoms with Crippen LogP contribution in [0.25, 0.3) is 0 Å². The van der Waals surface area contributed by atoms with Crippen LogP contribution >= 0.6 is 11.8 Å². The first-order chi connectivity index (χ1) is 9.84. The number of anilines is 1. The van der Waals surface area contributed by atoms with Crippen LogP contribution in [0.15, 0.2) is 26.4 Å². The van der Waals surface area contributed by atoms with Crippen molar-refractivity contribution in [1.29, 1.82) is 0 Å². The normalized spacial score (nSPS) is 11.6. The van der Waals surface area contributed by atoms with Crippen molar-refractivity contribution in [2.45, 2.75) is 44.8 Å². The van der Waals surface area contributed by atoms with E-state index in [0.29, 0.717) is 29.0 Å². The number of amides is 1. The number of nitrogens with zero attached hydrogens (tertiary/aromatic N) is 2. The molecule has 0 fully saturated rings. The molecule has 21 heavy (non-hydrogen) atoms. The summed E-state index contributed by atoms with van der Waals surface area (Å²) in [5.74, 6) is 2.42. The minimum Gasteiger partial charge on any atom is -0.436 e. The molecular weight excluding hydrogens is 290 g/mol. The number of rotatable bonds is 5. The molecule has 2 rings (SSSR count). The fourth-order valence-corrected chi connectivity index (χ4v) is 2.27. The summed E-state index contributed by atoms with van der Waals surface area (Å²) in [5, 5.41) is 6.97. The number of nitrogens with one attached hydrogen (secondary N) is 1. The molecule has 6 nitrogen and oxygen atoms in total. The van der Waals surface area contributed by atoms with Gasteiger partial charge in [0.15, 0.2) is 5.82 Å². The molecule has 0 bridgehead atoms. The number of aromatic nitrogens is 2. The molecule has 1 N–H and O–H groups in total. The predicted molar refractivity (Wildman–Crippen MR) is 80.4 cm³/mol. The van der Waals surface area contributed by atoms with Gasteiger partial charge in [-0.3, -0.25) is 4.79 Å². The van der Waals surface area contributed by atoms with E-state index < -0.39 is 0 Å². The molecule has 2 aromatic rings. The highest BCUT2D eigenvalue weighted by Crippen LogP contribution is 2.27. The zero-order valence-corrected chi connectivity index (χ0v) is 13.4. The van der Waals surface area contributed by atoms with Crippen LogP contribution in [0.1, 0.15) is 38.7 Å². The average Bonchev–Trinajstić information content (AvgIpc) is 2.98. The standard InChI is InChI=1S/C14H19N3O3S/c1-9-7-11(17-20-9)16-12(18)5-6-21-13-15-8-10(19-13)14(2,3)4/h7-8H,5-6H2,1-4H3,(H,16,17,18). The van der Waals surface area contributed by atoms with Gasteiger partial charge in [0.1, 0.15) is 11.5 Å². The second-order valence-corrected chi connectivity index (χ2v) is 6.76. The maximum Gasteiger partial charge on any atom is 0.255 e. The molecule has 7 heteroatoms. The lowest BCUT2D eigenvalue weighted by Gasteiger charge is -2.12. The van der Waals surface area contributed by atoms with Gasteiger partial charge in [-0.2, -0.15) is 0 Å². The Balaban J connectivity index is 1.76. The Morgan fingerprint density at radius 1 is 1.43 bits per heavy atom. The third kappa shape index (κ3) is 4.63. The zero-order chi connectivity index (χ0) is 15.5. The van der Waals surface area contributed by atoms with Crippen molar-refractivity contribution in [3.8, 4) is 0 Å². The van der Waals surface area contributed by atoms with Crippen LogP contribution in [-0.4, -0.2) is 21.8 Å². The second kappa shape index (κ2) is 6.34. The Morgan fingerprint density at radius 2 is 2.19 bits per heavy atom. The summed E-state index contributed by atoms with van der Waals surface area (Å²) >= 11 is 1.42. The average molecular weight is 309 g/mol. The largest absolute Gasteiger partial charge is 0.436 e. The monoisotopic (exact) mass is 309 g/mol. The Bertz CT molecular complexity index is 613. The number of thioether (sulfide) groups is 1. The SMILES string of the molecule is Cc1cc(NC(=O)CCSc2ncc(C(C)(C)C)o2)no1. The van der Waals surface area contributed by atoms with Gasteiger partial charge in [0.05, 0.1) is 6.20 Å². The summed E-state index contributed by atoms with van der Waals surface area (Å²) in [5.41, 5.74) is -0.0615. The predicted octanol–water partition coefficient (Wildman–Crippen LogP) is 3.39. The van der Waals surface area contributed by atoms with Crippen molar-refractivity contribution in [3.05, 3.63) is 23.8 Å². The van der Waals surface area contributed by atoms with Gasteiger partial charge in [0.2, 0.25) is 5.91 Å². The highest BCUT2D eigenvalue weighted by Gasteiger charge is 2.19. The van der Waals surface area contributed by atoms with Gasteiger partial charge in [0.25, 0.3) is 5.22 Å². The Morgan fingerprint density at radius 3 is 2.76 bits per heavy atom. The van der Waals surface area contributed by atoms with E-state index in [9.17, 15) is 4.79 Å². The Kier molecular flexibility index (Phi) is 4.72. The van der Waals surface area contributed by atoms with E-state index in [-0.39, 0.29) is 11.3 Å². The van der Waals surface area contributed by atoms with E-state index in [0.717, 1.165) is 5.76 Å². The second-order valence-electron chi connectivity index (χ2n) is 5.71. The van der Waals surface area contributed by atoms with E-state index in [1.165, 1.54) is 11.8 Å². The molecule has 0 aliphatic carbocycles. The highest BCUT2D eigenvalue weighted by molar-refractivity contribution is 7.99. The molecule has 0 aliphatic rings. The summed E-state index contributed by atoms with van der Waals surface area (Å²) in [4.78, 5) is 15.9. The maximum atomic E-state index is 11.7. The van der Waals surface area contributed by atoms with Gasteiger partial charge < -0.3 is 14.3 Å². The van der Waals surface area contributed by atoms with Crippen molar-refractivity contribution in [2.75, 3.05) is 11.1 Å². The summed E-state index contributed by atoms with van der Waals surface area (Å²) in [6.45, 7) is 7.97. The molecule has 2 heterocycles. The number of carbonyl (C=O) groups is 1. The van der Waals surface area contributed by atoms with Crippen molar-refractivity contribution >= 4 is 23.5 Å². The van der Waals surface area contributed by atoms with Crippen LogP contribution < -0.4 is 5.32 Å². The quantitative estimate of drug-likeness (QED) is 0.853. The van der Waals surface area contributed by atoms with Crippen molar-refractivity contribution in [3.63, 3.8) is 0 Å². The van der Waals surface area contributed by atoms with Crippen LogP contribution in [0, 0.1) is 6.92 Å². The molecular formula is C14H19N3O3S. The molecule has 1 amide bonds. The van der Waals surface area contributed by atoms with Gasteiger partial charge in [-0.15, -0.1) is 0 Å². The first-order valence-electron chi connectivity index (χ1n) is 6.67. The molecule has 0 radical (unpaired) electrons. The van der Waals surface area contributed by atoms with Crippen LogP contribution in [-0.2, 0) is 10.2 Å². The summed E-state index contributed by atoms with van der Waals surface area (Å²) in [6.07, 6.45) is 2.09. The number of hydrogen-bond acceptors (Lipinski definition) is 6. The summed E-state index contributed by atoms with van der Waals surface area (Å²) < 4.78 is 10.5. The molecule has 0 aromatic carbocycles. The van der Waals surface area contributed by atoms with E-state index in [2.05, 4.69) is 36.2 Å². The first kappa shape index (κ1) is 15.6. The van der Waals surface area contributed by atoms with Crippen LogP contribution in [0.4, 0.5) is 5.82 Å². The fraction of sp³-hybridized carbons (Fsp3) is 0.500. The lowest BCUT2D eigenvalue weighted by atomic mass is 9.94. The van der Waals surface area contributed by atoms with Crippen LogP contribution in [0.3, 0.4) is 0 Å². The maximum absolute atomic E-state index is 11.7. The van der Waals surface area contributed by atoms with Gasteiger partial charge in [-0.25, -0.2) is 4.98 Å². The third-order valence-corrected chi connectivity index (χ3v) is 3.52. The Hall–Kier alpha value is -1.76. The number of carbonyl (C=O) groups excluding carboxylic acids is 1. The van der Waals surface area contributed by atoms with Crippen molar-refractivity contribution < 1.29 is 13.7 Å². The Labute approximate surface area is 127 Å². The smallest absolute Gasteiger partial charge is 0.255 e. The molecule has 0 saturated carbocycles. The van der Waals surface area contributed by atoms with Gasteiger partial charge in [0, 0.05) is 23.7 Å². The number of oxazole rings is 1. The molecule has 0 saturated heterocycles. The molecule has 114 valence electrons. The third-order valence-electron chi connectivity index (χ3n) is 2.67. The van der Waals surface area contributed by atoms with E-state index in [1.807, 2.05) is 0 Å². The molecule has 0 aliphatic heterocycles. The van der Waals surface area contributed by atoms with Crippen LogP contribution in [0.2, 0.25) is 0 Å². The minimum atomic E-state index is -0.113. The number of aryl methyl sites for hydroxylation is 1. The van der Waals surface area contributed by atoms with Crippen molar-refractivity contribution in [2.24, 2.45) is 0 Å². The fourth-order valence-electron chi connectivity index (χ4n) is 1.53. The summed E-state index contributed by atoms with van der Waals surface area (Å²) in [7, 11) is 0. The van der Waals surface area contributed by atoms with Gasteiger partial charge >= 0.3 is 0 Å². The van der Waals surface area contributed by atoms with E-state index >= 15 is 0 Å². The first-order valence-corrected chi connectivity index (χ1v) is 7.65. The topological polar surface area (TPSA) is 81.2 Å². The zero-order valence-electron chi connectivity index (χ0n) is 12.6. The number of hydrogen-bond donors (Lipinski definition) is 1. The minimum absolute atomic E-state index is 0.0615. The lowest BCUT2D eigenvalue weighted by molar-refractivity contribution is -0.115. The van der Waals surface area contributed by atoms with Crippen molar-refractivity contribution in [1.82, 2.24) is 10.1 Å². The highest BCUT2D eigenvalue weighted by atomic mass is 32.2. The van der Waals surface area contributed by atoms with Crippen LogP contribution in [0.5, 0.6) is 0 Å². The van der Waals surface area contributed by atoms with Gasteiger partial charge in [-0.05, 0) is 6.92 Å². The molecule has 0 atom stereocenters. The molecule has 2 aromatic heterocycles. The van der Waals surface area contributed by atoms with Gasteiger partial charge in [-0.1, -0.05) is 37.7 Å². The van der Waals surface area contributed by atoms with E-state index in [4.69, 9.17) is 8.94 Å². The van der Waals surface area contributed by atoms with E-state index in [1.54, 1.807) is 19.2 Å². The lowest BCUT2D eigenvalue weighted by Crippen LogP contribution is -2.12. The molecule has 0 unspecified atom stereocenters. The summed E-state index contributed by atoms with van der Waals surface area (Å²) in [6, 6.07) is 1.68.